The Kier molecular flexibility index (Phi) is 4.81. The van der Waals surface area contributed by atoms with Gasteiger partial charge in [-0.2, -0.15) is 0 Å². The van der Waals surface area contributed by atoms with Gasteiger partial charge in [0, 0.05) is 12.7 Å². The van der Waals surface area contributed by atoms with E-state index in [1.165, 1.54) is 11.8 Å². The molecule has 0 amide bonds. The number of carbonyl (C=O) groups is 1. The number of hydrogen-bond acceptors (Lipinski definition) is 5. The number of H-pyrrole nitrogens is 1. The number of unbranched alkanes of at least 4 members (excludes halogenated alkanes) is 1. The molecule has 0 aliphatic carbocycles. The summed E-state index contributed by atoms with van der Waals surface area (Å²) in [5.74, 6) is 0.747. The van der Waals surface area contributed by atoms with Gasteiger partial charge >= 0.3 is 0 Å². The number of thioether (sulfide) groups is 1. The van der Waals surface area contributed by atoms with Crippen LogP contribution in [-0.4, -0.2) is 35.7 Å². The summed E-state index contributed by atoms with van der Waals surface area (Å²) in [7, 11) is 0. The summed E-state index contributed by atoms with van der Waals surface area (Å²) in [5, 5.41) is 9.75. The highest BCUT2D eigenvalue weighted by Gasteiger charge is 2.17. The lowest BCUT2D eigenvalue weighted by Crippen LogP contribution is -2.23. The van der Waals surface area contributed by atoms with Crippen molar-refractivity contribution in [2.45, 2.75) is 31.5 Å². The quantitative estimate of drug-likeness (QED) is 0.393. The van der Waals surface area contributed by atoms with Crippen LogP contribution in [0, 0.1) is 0 Å². The minimum absolute atomic E-state index is 0.00893. The van der Waals surface area contributed by atoms with Gasteiger partial charge in [-0.3, -0.25) is 18.6 Å². The average Bonchev–Trinajstić information content (AvgIpc) is 3.36. The number of hydrogen-bond donors (Lipinski definition) is 1. The van der Waals surface area contributed by atoms with E-state index in [1.54, 1.807) is 22.9 Å². The molecule has 0 saturated heterocycles. The average molecular weight is 381 g/mol. The van der Waals surface area contributed by atoms with E-state index < -0.39 is 0 Å². The number of aromatic amines is 1. The number of nitrogens with zero attached hydrogens (tertiary/aromatic N) is 4. The summed E-state index contributed by atoms with van der Waals surface area (Å²) in [5.41, 5.74) is 1.27. The first-order valence-electron chi connectivity index (χ1n) is 8.86. The molecule has 1 aromatic carbocycles. The predicted octanol–water partition coefficient (Wildman–Crippen LogP) is 3.15. The zero-order valence-electron chi connectivity index (χ0n) is 14.9. The third-order valence-corrected chi connectivity index (χ3v) is 5.37. The number of aromatic nitrogens is 5. The maximum Gasteiger partial charge on any atom is 0.262 e. The van der Waals surface area contributed by atoms with Crippen molar-refractivity contribution in [2.75, 3.05) is 5.75 Å². The van der Waals surface area contributed by atoms with Crippen LogP contribution in [0.4, 0.5) is 0 Å². The normalized spacial score (nSPS) is 11.4. The fourth-order valence-electron chi connectivity index (χ4n) is 3.06. The van der Waals surface area contributed by atoms with E-state index in [0.29, 0.717) is 28.6 Å². The van der Waals surface area contributed by atoms with Crippen LogP contribution in [0.3, 0.4) is 0 Å². The maximum absolute atomic E-state index is 12.9. The van der Waals surface area contributed by atoms with Gasteiger partial charge in [0.25, 0.3) is 5.56 Å². The van der Waals surface area contributed by atoms with E-state index in [4.69, 9.17) is 0 Å². The number of ketones is 1. The minimum Gasteiger partial charge on any atom is -0.359 e. The Bertz CT molecular complexity index is 1160. The first-order chi connectivity index (χ1) is 13.2. The van der Waals surface area contributed by atoms with Crippen LogP contribution in [0.2, 0.25) is 0 Å². The Morgan fingerprint density at radius 2 is 2.04 bits per heavy atom. The van der Waals surface area contributed by atoms with Crippen molar-refractivity contribution in [1.82, 2.24) is 24.1 Å². The highest BCUT2D eigenvalue weighted by molar-refractivity contribution is 7.99. The van der Waals surface area contributed by atoms with Gasteiger partial charge in [0.1, 0.15) is 0 Å². The minimum atomic E-state index is -0.0574. The van der Waals surface area contributed by atoms with Gasteiger partial charge in [0.2, 0.25) is 5.78 Å². The van der Waals surface area contributed by atoms with E-state index in [9.17, 15) is 9.59 Å². The van der Waals surface area contributed by atoms with Crippen LogP contribution in [0.25, 0.3) is 16.7 Å². The Hall–Kier alpha value is -2.87. The Labute approximate surface area is 159 Å². The molecule has 0 fully saturated rings. The SMILES string of the molecule is CCCCn1c(=O)c2ccccc2n2c(SCC(=O)c3ccc[nH]3)nnc12. The van der Waals surface area contributed by atoms with Crippen LogP contribution in [0.5, 0.6) is 0 Å². The van der Waals surface area contributed by atoms with Crippen molar-refractivity contribution in [3.8, 4) is 0 Å². The topological polar surface area (TPSA) is 85.0 Å². The number of Topliss-reactive ketones (excluding diaryl/α,β-unsaturated/α-hetero) is 1. The summed E-state index contributed by atoms with van der Waals surface area (Å²) < 4.78 is 3.55. The van der Waals surface area contributed by atoms with Gasteiger partial charge in [-0.1, -0.05) is 37.2 Å². The van der Waals surface area contributed by atoms with Crippen LogP contribution in [0.15, 0.2) is 52.5 Å². The molecular formula is C19H19N5O2S. The highest BCUT2D eigenvalue weighted by Crippen LogP contribution is 2.22. The van der Waals surface area contributed by atoms with Crippen molar-refractivity contribution in [3.05, 3.63) is 58.6 Å². The fourth-order valence-corrected chi connectivity index (χ4v) is 3.88. The van der Waals surface area contributed by atoms with Crippen molar-refractivity contribution in [2.24, 2.45) is 0 Å². The van der Waals surface area contributed by atoms with E-state index in [1.807, 2.05) is 28.7 Å². The molecule has 1 N–H and O–H groups in total. The number of fused-ring (bicyclic) bond motifs is 3. The molecule has 3 heterocycles. The number of nitrogens with one attached hydrogen (secondary N) is 1. The molecule has 3 aromatic heterocycles. The molecule has 0 aliphatic rings. The second-order valence-corrected chi connectivity index (χ2v) is 7.18. The van der Waals surface area contributed by atoms with Crippen molar-refractivity contribution in [1.29, 1.82) is 0 Å². The van der Waals surface area contributed by atoms with E-state index >= 15 is 0 Å². The van der Waals surface area contributed by atoms with Crippen LogP contribution in [-0.2, 0) is 6.54 Å². The van der Waals surface area contributed by atoms with Crippen LogP contribution < -0.4 is 5.56 Å². The molecule has 0 spiro atoms. The maximum atomic E-state index is 12.9. The van der Waals surface area contributed by atoms with Crippen molar-refractivity contribution < 1.29 is 4.79 Å². The molecule has 8 heteroatoms. The third-order valence-electron chi connectivity index (χ3n) is 4.44. The molecule has 0 aliphatic heterocycles. The van der Waals surface area contributed by atoms with Gasteiger partial charge in [0.15, 0.2) is 10.9 Å². The van der Waals surface area contributed by atoms with Gasteiger partial charge in [0.05, 0.1) is 22.3 Å². The molecule has 0 unspecified atom stereocenters. The highest BCUT2D eigenvalue weighted by atomic mass is 32.2. The molecule has 0 saturated carbocycles. The van der Waals surface area contributed by atoms with E-state index in [-0.39, 0.29) is 17.1 Å². The third kappa shape index (κ3) is 3.16. The molecule has 0 atom stereocenters. The number of aryl methyl sites for hydroxylation is 1. The second kappa shape index (κ2) is 7.40. The summed E-state index contributed by atoms with van der Waals surface area (Å²) in [6, 6.07) is 11.0. The van der Waals surface area contributed by atoms with Crippen LogP contribution in [0.1, 0.15) is 30.3 Å². The fraction of sp³-hybridized carbons (Fsp3) is 0.263. The first kappa shape index (κ1) is 17.5. The summed E-state index contributed by atoms with van der Waals surface area (Å²) in [6.45, 7) is 2.68. The lowest BCUT2D eigenvalue weighted by molar-refractivity contribution is 0.101. The lowest BCUT2D eigenvalue weighted by Gasteiger charge is -2.10. The van der Waals surface area contributed by atoms with Crippen LogP contribution >= 0.6 is 11.8 Å². The number of para-hydroxylation sites is 1. The van der Waals surface area contributed by atoms with Gasteiger partial charge in [-0.15, -0.1) is 10.2 Å². The van der Waals surface area contributed by atoms with E-state index in [2.05, 4.69) is 22.1 Å². The summed E-state index contributed by atoms with van der Waals surface area (Å²) in [6.07, 6.45) is 3.59. The second-order valence-electron chi connectivity index (χ2n) is 6.24. The lowest BCUT2D eigenvalue weighted by atomic mass is 10.2. The van der Waals surface area contributed by atoms with Gasteiger partial charge < -0.3 is 4.98 Å². The van der Waals surface area contributed by atoms with Gasteiger partial charge in [-0.05, 0) is 30.7 Å². The predicted molar refractivity (Wildman–Crippen MR) is 106 cm³/mol. The smallest absolute Gasteiger partial charge is 0.262 e. The Balaban J connectivity index is 1.79. The summed E-state index contributed by atoms with van der Waals surface area (Å²) >= 11 is 1.32. The number of rotatable bonds is 7. The first-order valence-corrected chi connectivity index (χ1v) is 9.85. The Morgan fingerprint density at radius 3 is 2.81 bits per heavy atom. The Morgan fingerprint density at radius 1 is 1.19 bits per heavy atom. The number of carbonyl (C=O) groups excluding carboxylic acids is 1. The zero-order chi connectivity index (χ0) is 18.8. The van der Waals surface area contributed by atoms with E-state index in [0.717, 1.165) is 18.4 Å². The van der Waals surface area contributed by atoms with Crippen molar-refractivity contribution >= 4 is 34.2 Å². The molecule has 4 aromatic rings. The molecule has 4 rings (SSSR count). The summed E-state index contributed by atoms with van der Waals surface area (Å²) in [4.78, 5) is 28.1. The monoisotopic (exact) mass is 381 g/mol. The molecule has 27 heavy (non-hydrogen) atoms. The van der Waals surface area contributed by atoms with Crippen molar-refractivity contribution in [3.63, 3.8) is 0 Å². The molecule has 0 bridgehead atoms. The standard InChI is InChI=1S/C19H19N5O2S/c1-2-3-11-23-17(26)13-7-4-5-9-15(13)24-18(23)21-22-19(24)27-12-16(25)14-8-6-10-20-14/h4-10,20H,2-3,11-12H2,1H3. The largest absolute Gasteiger partial charge is 0.359 e. The van der Waals surface area contributed by atoms with Gasteiger partial charge in [-0.25, -0.2) is 0 Å². The molecule has 7 nitrogen and oxygen atoms in total. The molecule has 138 valence electrons. The zero-order valence-corrected chi connectivity index (χ0v) is 15.7. The molecule has 0 radical (unpaired) electrons. The molecular weight excluding hydrogens is 362 g/mol. The number of benzene rings is 1.